The number of aliphatic hydroxyl groups is 1. The number of aliphatic hydroxyl groups excluding tert-OH is 1. The highest BCUT2D eigenvalue weighted by molar-refractivity contribution is 7.89. The summed E-state index contributed by atoms with van der Waals surface area (Å²) >= 11 is 5.85. The molecule has 1 aliphatic carbocycles. The molecule has 1 saturated carbocycles. The minimum absolute atomic E-state index is 0.180. The van der Waals surface area contributed by atoms with E-state index in [1.807, 2.05) is 0 Å². The molecule has 0 saturated heterocycles. The Morgan fingerprint density at radius 1 is 1.44 bits per heavy atom. The van der Waals surface area contributed by atoms with E-state index in [-0.39, 0.29) is 11.5 Å². The minimum Gasteiger partial charge on any atom is -0.392 e. The van der Waals surface area contributed by atoms with Gasteiger partial charge in [0.25, 0.3) is 0 Å². The van der Waals surface area contributed by atoms with Gasteiger partial charge in [-0.1, -0.05) is 11.6 Å². The van der Waals surface area contributed by atoms with Gasteiger partial charge in [0.2, 0.25) is 10.0 Å². The predicted octanol–water partition coefficient (Wildman–Crippen LogP) is 1.86. The van der Waals surface area contributed by atoms with Crippen molar-refractivity contribution in [3.8, 4) is 0 Å². The van der Waals surface area contributed by atoms with Crippen molar-refractivity contribution in [3.63, 3.8) is 0 Å². The summed E-state index contributed by atoms with van der Waals surface area (Å²) in [6.07, 6.45) is 2.20. The first-order valence-corrected chi connectivity index (χ1v) is 7.62. The smallest absolute Gasteiger partial charge is 0.242 e. The van der Waals surface area contributed by atoms with Crippen molar-refractivity contribution >= 4 is 21.6 Å². The molecule has 0 heterocycles. The number of hydrogen-bond donors (Lipinski definition) is 1. The van der Waals surface area contributed by atoms with E-state index in [0.717, 1.165) is 12.8 Å². The number of halogens is 1. The number of benzene rings is 1. The lowest BCUT2D eigenvalue weighted by molar-refractivity contribution is 0.281. The van der Waals surface area contributed by atoms with Crippen LogP contribution in [0.2, 0.25) is 5.02 Å². The molecule has 1 N–H and O–H groups in total. The molecular weight excluding hydrogens is 274 g/mol. The topological polar surface area (TPSA) is 57.6 Å². The van der Waals surface area contributed by atoms with Crippen molar-refractivity contribution in [2.24, 2.45) is 5.92 Å². The minimum atomic E-state index is -3.48. The van der Waals surface area contributed by atoms with Crippen LogP contribution in [-0.2, 0) is 16.6 Å². The van der Waals surface area contributed by atoms with Crippen LogP contribution in [0.1, 0.15) is 18.4 Å². The monoisotopic (exact) mass is 289 g/mol. The van der Waals surface area contributed by atoms with Crippen molar-refractivity contribution < 1.29 is 13.5 Å². The Morgan fingerprint density at radius 3 is 2.67 bits per heavy atom. The maximum absolute atomic E-state index is 12.3. The van der Waals surface area contributed by atoms with Gasteiger partial charge in [0.1, 0.15) is 0 Å². The van der Waals surface area contributed by atoms with E-state index < -0.39 is 10.0 Å². The summed E-state index contributed by atoms with van der Waals surface area (Å²) in [6.45, 7) is 0.286. The van der Waals surface area contributed by atoms with Crippen LogP contribution in [0.4, 0.5) is 0 Å². The lowest BCUT2D eigenvalue weighted by Gasteiger charge is -2.17. The van der Waals surface area contributed by atoms with Gasteiger partial charge in [0, 0.05) is 18.6 Å². The molecule has 0 atom stereocenters. The second-order valence-corrected chi connectivity index (χ2v) is 7.09. The summed E-state index contributed by atoms with van der Waals surface area (Å²) in [4.78, 5) is 0.180. The van der Waals surface area contributed by atoms with Crippen molar-refractivity contribution in [1.82, 2.24) is 4.31 Å². The van der Waals surface area contributed by atoms with Gasteiger partial charge in [-0.15, -0.1) is 0 Å². The third-order valence-corrected chi connectivity index (χ3v) is 5.30. The van der Waals surface area contributed by atoms with E-state index in [9.17, 15) is 8.42 Å². The Kier molecular flexibility index (Phi) is 3.96. The summed E-state index contributed by atoms with van der Waals surface area (Å²) in [7, 11) is -1.90. The first kappa shape index (κ1) is 13.8. The fraction of sp³-hybridized carbons (Fsp3) is 0.500. The van der Waals surface area contributed by atoms with Crippen molar-refractivity contribution in [2.45, 2.75) is 24.3 Å². The number of hydrogen-bond acceptors (Lipinski definition) is 3. The molecule has 1 aromatic rings. The van der Waals surface area contributed by atoms with Crippen molar-refractivity contribution in [1.29, 1.82) is 0 Å². The highest BCUT2D eigenvalue weighted by Gasteiger charge is 2.29. The zero-order valence-electron chi connectivity index (χ0n) is 10.1. The fourth-order valence-electron chi connectivity index (χ4n) is 1.77. The number of rotatable bonds is 5. The molecule has 1 aromatic carbocycles. The highest BCUT2D eigenvalue weighted by atomic mass is 35.5. The van der Waals surface area contributed by atoms with Crippen LogP contribution in [-0.4, -0.2) is 31.4 Å². The van der Waals surface area contributed by atoms with Gasteiger partial charge in [-0.25, -0.2) is 12.7 Å². The Morgan fingerprint density at radius 2 is 2.11 bits per heavy atom. The van der Waals surface area contributed by atoms with E-state index in [0.29, 0.717) is 23.0 Å². The first-order chi connectivity index (χ1) is 8.45. The fourth-order valence-corrected chi connectivity index (χ4v) is 3.25. The Hall–Kier alpha value is -0.620. The van der Waals surface area contributed by atoms with Gasteiger partial charge < -0.3 is 5.11 Å². The van der Waals surface area contributed by atoms with Crippen LogP contribution >= 0.6 is 11.6 Å². The lowest BCUT2D eigenvalue weighted by Crippen LogP contribution is -2.29. The molecule has 1 aliphatic rings. The molecule has 2 rings (SSSR count). The van der Waals surface area contributed by atoms with Gasteiger partial charge in [-0.3, -0.25) is 0 Å². The van der Waals surface area contributed by atoms with E-state index in [1.54, 1.807) is 7.05 Å². The molecule has 100 valence electrons. The summed E-state index contributed by atoms with van der Waals surface area (Å²) in [5.41, 5.74) is 0.428. The molecule has 6 heteroatoms. The zero-order chi connectivity index (χ0) is 13.3. The Bertz CT molecular complexity index is 540. The standard InChI is InChI=1S/C12H16ClNO3S/c1-14(7-9-2-3-9)18(16,17)11-4-5-12(13)10(6-11)8-15/h4-6,9,15H,2-3,7-8H2,1H3. The van der Waals surface area contributed by atoms with Crippen molar-refractivity contribution in [3.05, 3.63) is 28.8 Å². The van der Waals surface area contributed by atoms with Gasteiger partial charge in [0.05, 0.1) is 11.5 Å². The second-order valence-electron chi connectivity index (χ2n) is 4.64. The zero-order valence-corrected chi connectivity index (χ0v) is 11.7. The summed E-state index contributed by atoms with van der Waals surface area (Å²) in [5.74, 6) is 0.495. The van der Waals surface area contributed by atoms with E-state index in [2.05, 4.69) is 0 Å². The largest absolute Gasteiger partial charge is 0.392 e. The quantitative estimate of drug-likeness (QED) is 0.900. The number of sulfonamides is 1. The van der Waals surface area contributed by atoms with E-state index in [1.165, 1.54) is 22.5 Å². The lowest BCUT2D eigenvalue weighted by atomic mass is 10.2. The molecule has 4 nitrogen and oxygen atoms in total. The average Bonchev–Trinajstić information content (AvgIpc) is 3.13. The summed E-state index contributed by atoms with van der Waals surface area (Å²) < 4.78 is 25.9. The van der Waals surface area contributed by atoms with Gasteiger partial charge >= 0.3 is 0 Å². The molecule has 0 unspecified atom stereocenters. The Balaban J connectivity index is 2.27. The van der Waals surface area contributed by atoms with Crippen LogP contribution in [0.3, 0.4) is 0 Å². The van der Waals surface area contributed by atoms with Gasteiger partial charge in [-0.05, 0) is 42.5 Å². The third kappa shape index (κ3) is 2.85. The second kappa shape index (κ2) is 5.17. The molecule has 0 bridgehead atoms. The van der Waals surface area contributed by atoms with Crippen LogP contribution < -0.4 is 0 Å². The molecule has 0 aromatic heterocycles. The average molecular weight is 290 g/mol. The van der Waals surface area contributed by atoms with E-state index >= 15 is 0 Å². The molecular formula is C12H16ClNO3S. The maximum Gasteiger partial charge on any atom is 0.242 e. The molecule has 0 amide bonds. The maximum atomic E-state index is 12.3. The first-order valence-electron chi connectivity index (χ1n) is 5.81. The molecule has 0 radical (unpaired) electrons. The van der Waals surface area contributed by atoms with Crippen LogP contribution in [0.15, 0.2) is 23.1 Å². The van der Waals surface area contributed by atoms with E-state index in [4.69, 9.17) is 16.7 Å². The predicted molar refractivity (Wildman–Crippen MR) is 69.9 cm³/mol. The molecule has 1 fully saturated rings. The third-order valence-electron chi connectivity index (χ3n) is 3.11. The van der Waals surface area contributed by atoms with Crippen molar-refractivity contribution in [2.75, 3.05) is 13.6 Å². The van der Waals surface area contributed by atoms with Gasteiger partial charge in [-0.2, -0.15) is 0 Å². The SMILES string of the molecule is CN(CC1CC1)S(=O)(=O)c1ccc(Cl)c(CO)c1. The van der Waals surface area contributed by atoms with Crippen LogP contribution in [0, 0.1) is 5.92 Å². The molecule has 0 spiro atoms. The Labute approximate surface area is 112 Å². The summed E-state index contributed by atoms with van der Waals surface area (Å²) in [6, 6.07) is 4.41. The number of nitrogens with zero attached hydrogens (tertiary/aromatic N) is 1. The van der Waals surface area contributed by atoms with Crippen LogP contribution in [0.25, 0.3) is 0 Å². The highest BCUT2D eigenvalue weighted by Crippen LogP contribution is 2.31. The summed E-state index contributed by atoms with van der Waals surface area (Å²) in [5, 5.41) is 9.49. The normalized spacial score (nSPS) is 16.2. The molecule has 0 aliphatic heterocycles. The van der Waals surface area contributed by atoms with Gasteiger partial charge in [0.15, 0.2) is 0 Å². The van der Waals surface area contributed by atoms with Crippen LogP contribution in [0.5, 0.6) is 0 Å². The molecule has 18 heavy (non-hydrogen) atoms.